The highest BCUT2D eigenvalue weighted by Gasteiger charge is 2.28. The minimum Gasteiger partial charge on any atom is -0.375 e. The number of hydrazone groups is 1. The summed E-state index contributed by atoms with van der Waals surface area (Å²) >= 11 is 4.82. The van der Waals surface area contributed by atoms with Crippen molar-refractivity contribution >= 4 is 34.9 Å². The average molecular weight is 501 g/mol. The zero-order valence-corrected chi connectivity index (χ0v) is 21.2. The minimum absolute atomic E-state index is 0.0669. The van der Waals surface area contributed by atoms with E-state index in [9.17, 15) is 4.39 Å². The summed E-state index contributed by atoms with van der Waals surface area (Å²) in [5.74, 6) is 0.0434. The average Bonchev–Trinajstić information content (AvgIpc) is 3.32. The normalized spacial score (nSPS) is 19.2. The van der Waals surface area contributed by atoms with Gasteiger partial charge >= 0.3 is 0 Å². The first kappa shape index (κ1) is 25.3. The maximum Gasteiger partial charge on any atom is 0.184 e. The molecule has 188 valence electrons. The van der Waals surface area contributed by atoms with Crippen LogP contribution in [0.5, 0.6) is 0 Å². The molecular formula is C26H34F2N6S. The van der Waals surface area contributed by atoms with Crippen molar-refractivity contribution in [2.75, 3.05) is 50.1 Å². The molecule has 2 saturated heterocycles. The smallest absolute Gasteiger partial charge is 0.184 e. The molecule has 0 saturated carbocycles. The summed E-state index contributed by atoms with van der Waals surface area (Å²) in [5, 5.41) is 4.15. The van der Waals surface area contributed by atoms with Gasteiger partial charge in [0.2, 0.25) is 0 Å². The van der Waals surface area contributed by atoms with Gasteiger partial charge in [0.25, 0.3) is 0 Å². The summed E-state index contributed by atoms with van der Waals surface area (Å²) in [6.07, 6.45) is 5.50. The van der Waals surface area contributed by atoms with E-state index in [1.54, 1.807) is 12.3 Å². The molecule has 0 aromatic heterocycles. The van der Waals surface area contributed by atoms with Crippen LogP contribution in [0.25, 0.3) is 0 Å². The lowest BCUT2D eigenvalue weighted by molar-refractivity contribution is 0.315. The minimum atomic E-state index is -0.258. The number of benzene rings is 2. The molecule has 0 amide bonds. The van der Waals surface area contributed by atoms with Crippen LogP contribution >= 0.6 is 12.2 Å². The monoisotopic (exact) mass is 500 g/mol. The molecule has 0 spiro atoms. The molecule has 2 aliphatic heterocycles. The number of rotatable bonds is 7. The van der Waals surface area contributed by atoms with Crippen LogP contribution in [0.1, 0.15) is 30.4 Å². The van der Waals surface area contributed by atoms with Crippen LogP contribution in [0.15, 0.2) is 41.5 Å². The quantitative estimate of drug-likeness (QED) is 0.343. The second kappa shape index (κ2) is 11.3. The summed E-state index contributed by atoms with van der Waals surface area (Å²) in [4.78, 5) is 6.68. The van der Waals surface area contributed by atoms with Crippen molar-refractivity contribution in [3.8, 4) is 0 Å². The predicted octanol–water partition coefficient (Wildman–Crippen LogP) is 3.73. The highest BCUT2D eigenvalue weighted by Crippen LogP contribution is 2.34. The molecule has 1 atom stereocenters. The largest absolute Gasteiger partial charge is 0.375 e. The Hall–Kier alpha value is -2.78. The van der Waals surface area contributed by atoms with Crippen LogP contribution in [0.2, 0.25) is 0 Å². The molecule has 2 aromatic rings. The summed E-state index contributed by atoms with van der Waals surface area (Å²) in [7, 11) is 4.18. The van der Waals surface area contributed by atoms with E-state index in [4.69, 9.17) is 18.0 Å². The van der Waals surface area contributed by atoms with E-state index in [0.717, 1.165) is 63.1 Å². The number of anilines is 2. The van der Waals surface area contributed by atoms with Crippen molar-refractivity contribution in [2.45, 2.75) is 31.7 Å². The van der Waals surface area contributed by atoms with Gasteiger partial charge < -0.3 is 20.4 Å². The third-order valence-corrected chi connectivity index (χ3v) is 7.19. The van der Waals surface area contributed by atoms with E-state index in [2.05, 4.69) is 39.3 Å². The van der Waals surface area contributed by atoms with E-state index >= 15 is 4.39 Å². The Kier molecular flexibility index (Phi) is 8.18. The summed E-state index contributed by atoms with van der Waals surface area (Å²) < 4.78 is 28.5. The van der Waals surface area contributed by atoms with Crippen LogP contribution < -0.4 is 21.0 Å². The van der Waals surface area contributed by atoms with Crippen LogP contribution in [0.4, 0.5) is 20.2 Å². The van der Waals surface area contributed by atoms with E-state index in [1.165, 1.54) is 12.1 Å². The first-order chi connectivity index (χ1) is 16.8. The molecule has 0 radical (unpaired) electrons. The maximum absolute atomic E-state index is 15.3. The molecule has 35 heavy (non-hydrogen) atoms. The molecule has 2 heterocycles. The van der Waals surface area contributed by atoms with Gasteiger partial charge in [-0.1, -0.05) is 12.1 Å². The third kappa shape index (κ3) is 6.46. The van der Waals surface area contributed by atoms with Crippen molar-refractivity contribution in [2.24, 2.45) is 16.8 Å². The number of halogens is 2. The highest BCUT2D eigenvalue weighted by molar-refractivity contribution is 7.80. The van der Waals surface area contributed by atoms with Crippen LogP contribution in [0.3, 0.4) is 0 Å². The van der Waals surface area contributed by atoms with Gasteiger partial charge in [0, 0.05) is 43.5 Å². The molecule has 2 aromatic carbocycles. The zero-order valence-electron chi connectivity index (χ0n) is 20.4. The van der Waals surface area contributed by atoms with Gasteiger partial charge in [-0.15, -0.1) is 0 Å². The summed E-state index contributed by atoms with van der Waals surface area (Å²) in [6.45, 7) is 3.36. The first-order valence-electron chi connectivity index (χ1n) is 12.1. The van der Waals surface area contributed by atoms with Gasteiger partial charge in [-0.2, -0.15) is 5.10 Å². The Balaban J connectivity index is 1.51. The Labute approximate surface area is 211 Å². The number of hydrogen-bond donors (Lipinski definition) is 2. The number of thiocarbonyl (C=S) groups is 1. The number of piperidine rings is 1. The van der Waals surface area contributed by atoms with Crippen molar-refractivity contribution in [3.05, 3.63) is 59.2 Å². The number of nitrogens with zero attached hydrogens (tertiary/aromatic N) is 4. The molecular weight excluding hydrogens is 466 g/mol. The lowest BCUT2D eigenvalue weighted by atomic mass is 9.90. The number of nitrogens with one attached hydrogen (secondary N) is 1. The first-order valence-corrected chi connectivity index (χ1v) is 12.5. The van der Waals surface area contributed by atoms with Crippen molar-refractivity contribution in [3.63, 3.8) is 0 Å². The Morgan fingerprint density at radius 2 is 1.77 bits per heavy atom. The molecule has 2 aliphatic rings. The molecule has 0 aliphatic carbocycles. The second-order valence-electron chi connectivity index (χ2n) is 9.71. The van der Waals surface area contributed by atoms with E-state index in [1.807, 2.05) is 18.2 Å². The van der Waals surface area contributed by atoms with E-state index in [0.29, 0.717) is 23.2 Å². The van der Waals surface area contributed by atoms with E-state index in [-0.39, 0.29) is 16.7 Å². The van der Waals surface area contributed by atoms with Gasteiger partial charge in [-0.3, -0.25) is 5.43 Å². The standard InChI is InChI=1S/C26H34F2N6S/c1-32(2)22-9-12-34(17-22)24-15-25(23(28)14-20(24)16-30-31-26(29)35)33-10-7-19(8-11-33)13-18-3-5-21(27)6-4-18/h3-6,14-16,19,22H,7-13,17H2,1-2H3,(H3,29,31,35). The molecule has 1 unspecified atom stereocenters. The third-order valence-electron chi connectivity index (χ3n) is 7.10. The Morgan fingerprint density at radius 1 is 1.09 bits per heavy atom. The summed E-state index contributed by atoms with van der Waals surface area (Å²) in [5.41, 5.74) is 11.5. The Morgan fingerprint density at radius 3 is 2.40 bits per heavy atom. The highest BCUT2D eigenvalue weighted by atomic mass is 32.1. The number of nitrogens with two attached hydrogens (primary N) is 1. The van der Waals surface area contributed by atoms with Crippen LogP contribution in [0, 0.1) is 17.6 Å². The Bertz CT molecular complexity index is 1050. The van der Waals surface area contributed by atoms with Crippen LogP contribution in [-0.2, 0) is 6.42 Å². The summed E-state index contributed by atoms with van der Waals surface area (Å²) in [6, 6.07) is 10.7. The van der Waals surface area contributed by atoms with Gasteiger partial charge in [0.15, 0.2) is 5.11 Å². The number of hydrogen-bond acceptors (Lipinski definition) is 5. The predicted molar refractivity (Wildman–Crippen MR) is 143 cm³/mol. The van der Waals surface area contributed by atoms with Crippen molar-refractivity contribution < 1.29 is 8.78 Å². The second-order valence-corrected chi connectivity index (χ2v) is 10.1. The van der Waals surface area contributed by atoms with Gasteiger partial charge in [0.05, 0.1) is 11.9 Å². The SMILES string of the molecule is CN(C)C1CCN(c2cc(N3CCC(Cc4ccc(F)cc4)CC3)c(F)cc2C=NNC(N)=S)C1. The molecule has 3 N–H and O–H groups in total. The molecule has 2 fully saturated rings. The van der Waals surface area contributed by atoms with Gasteiger partial charge in [0.1, 0.15) is 11.6 Å². The maximum atomic E-state index is 15.3. The molecule has 0 bridgehead atoms. The van der Waals surface area contributed by atoms with Crippen LogP contribution in [-0.4, -0.2) is 62.5 Å². The molecule has 4 rings (SSSR count). The fourth-order valence-electron chi connectivity index (χ4n) is 5.07. The lowest BCUT2D eigenvalue weighted by Crippen LogP contribution is -2.35. The number of likely N-dealkylation sites (N-methyl/N-ethyl adjacent to an activating group) is 1. The fourth-order valence-corrected chi connectivity index (χ4v) is 5.12. The molecule has 6 nitrogen and oxygen atoms in total. The topological polar surface area (TPSA) is 60.1 Å². The van der Waals surface area contributed by atoms with Gasteiger partial charge in [-0.05, 0) is 87.7 Å². The van der Waals surface area contributed by atoms with Gasteiger partial charge in [-0.25, -0.2) is 8.78 Å². The zero-order chi connectivity index (χ0) is 24.9. The molecule has 9 heteroatoms. The lowest BCUT2D eigenvalue weighted by Gasteiger charge is -2.35. The fraction of sp³-hybridized carbons (Fsp3) is 0.462. The van der Waals surface area contributed by atoms with Crippen molar-refractivity contribution in [1.29, 1.82) is 0 Å². The van der Waals surface area contributed by atoms with Crippen molar-refractivity contribution in [1.82, 2.24) is 10.3 Å². The van der Waals surface area contributed by atoms with E-state index < -0.39 is 0 Å².